The van der Waals surface area contributed by atoms with Crippen LogP contribution < -0.4 is 19.7 Å². The van der Waals surface area contributed by atoms with Gasteiger partial charge in [0.15, 0.2) is 5.75 Å². The molecule has 0 aliphatic carbocycles. The second-order valence-electron chi connectivity index (χ2n) is 7.72. The summed E-state index contributed by atoms with van der Waals surface area (Å²) in [6.45, 7) is 1.75. The maximum atomic E-state index is 12.8. The predicted octanol–water partition coefficient (Wildman–Crippen LogP) is 5.05. The first kappa shape index (κ1) is 25.8. The standard InChI is InChI=1S/C15H10Cl2N2O5.C8H8N2O3/c16-10-5-8(6-11(17)14(10)20)15(21)18-3-4-24-13-2-1-9(19(22)23)7-12(13)18;11-10(12)6-1-2-8-7(5-6)9-3-4-13-8/h1-2,5-7,20H,3-4H2;1-2,5,9H,3-4H2. The van der Waals surface area contributed by atoms with Crippen LogP contribution in [0, 0.1) is 20.2 Å². The third-order valence-electron chi connectivity index (χ3n) is 5.37. The van der Waals surface area contributed by atoms with E-state index >= 15 is 0 Å². The minimum absolute atomic E-state index is 0.0571. The molecule has 1 amide bonds. The number of hydrogen-bond donors (Lipinski definition) is 2. The van der Waals surface area contributed by atoms with Crippen LogP contribution in [-0.4, -0.2) is 47.2 Å². The fourth-order valence-electron chi connectivity index (χ4n) is 3.62. The van der Waals surface area contributed by atoms with Gasteiger partial charge in [0, 0.05) is 36.4 Å². The molecule has 0 saturated heterocycles. The largest absolute Gasteiger partial charge is 0.505 e. The molecular formula is C23H18Cl2N4O8. The number of rotatable bonds is 3. The van der Waals surface area contributed by atoms with Crippen LogP contribution in [-0.2, 0) is 0 Å². The Kier molecular flexibility index (Phi) is 7.50. The van der Waals surface area contributed by atoms with Gasteiger partial charge in [0.2, 0.25) is 0 Å². The molecule has 0 radical (unpaired) electrons. The van der Waals surface area contributed by atoms with Gasteiger partial charge in [0.25, 0.3) is 17.3 Å². The molecular weight excluding hydrogens is 531 g/mol. The number of carbonyl (C=O) groups excluding carboxylic acids is 1. The summed E-state index contributed by atoms with van der Waals surface area (Å²) in [6, 6.07) is 11.1. The zero-order valence-corrected chi connectivity index (χ0v) is 20.4. The Bertz CT molecular complexity index is 1380. The molecule has 0 saturated carbocycles. The molecule has 14 heteroatoms. The van der Waals surface area contributed by atoms with E-state index in [-0.39, 0.29) is 45.9 Å². The van der Waals surface area contributed by atoms with Crippen molar-refractivity contribution < 1.29 is 29.2 Å². The minimum Gasteiger partial charge on any atom is -0.505 e. The lowest BCUT2D eigenvalue weighted by atomic mass is 10.1. The highest BCUT2D eigenvalue weighted by Gasteiger charge is 2.27. The molecule has 2 N–H and O–H groups in total. The lowest BCUT2D eigenvalue weighted by molar-refractivity contribution is -0.385. The first-order valence-corrected chi connectivity index (χ1v) is 11.5. The molecule has 0 bridgehead atoms. The van der Waals surface area contributed by atoms with E-state index in [9.17, 15) is 30.1 Å². The number of aromatic hydroxyl groups is 1. The Balaban J connectivity index is 0.000000207. The Labute approximate surface area is 219 Å². The average Bonchev–Trinajstić information content (AvgIpc) is 2.90. The van der Waals surface area contributed by atoms with Gasteiger partial charge in [-0.2, -0.15) is 0 Å². The molecule has 0 fully saturated rings. The normalized spacial score (nSPS) is 13.4. The first-order chi connectivity index (χ1) is 17.7. The number of benzene rings is 3. The SMILES string of the molecule is O=C(c1cc(Cl)c(O)c(Cl)c1)N1CCOc2ccc([N+](=O)[O-])cc21.O=[N+]([O-])c1ccc2c(c1)NCCO2. The Morgan fingerprint density at radius 1 is 0.919 bits per heavy atom. The second kappa shape index (κ2) is 10.8. The Morgan fingerprint density at radius 3 is 2.16 bits per heavy atom. The number of hydrogen-bond acceptors (Lipinski definition) is 9. The molecule has 0 atom stereocenters. The zero-order valence-electron chi connectivity index (χ0n) is 18.8. The third-order valence-corrected chi connectivity index (χ3v) is 5.95. The summed E-state index contributed by atoms with van der Waals surface area (Å²) in [4.78, 5) is 34.5. The quantitative estimate of drug-likeness (QED) is 0.337. The number of phenolic OH excluding ortho intramolecular Hbond substituents is 1. The molecule has 5 rings (SSSR count). The molecule has 2 aliphatic rings. The van der Waals surface area contributed by atoms with Crippen LogP contribution in [0.5, 0.6) is 17.2 Å². The summed E-state index contributed by atoms with van der Waals surface area (Å²) in [6.07, 6.45) is 0. The maximum absolute atomic E-state index is 12.8. The zero-order chi connectivity index (χ0) is 26.7. The number of fused-ring (bicyclic) bond motifs is 2. The number of non-ortho nitro benzene ring substituents is 2. The van der Waals surface area contributed by atoms with E-state index in [0.29, 0.717) is 36.0 Å². The van der Waals surface area contributed by atoms with Gasteiger partial charge in [0.1, 0.15) is 24.7 Å². The number of nitrogens with zero attached hydrogens (tertiary/aromatic N) is 3. The molecule has 2 aliphatic heterocycles. The van der Waals surface area contributed by atoms with E-state index in [1.54, 1.807) is 6.07 Å². The van der Waals surface area contributed by atoms with E-state index in [2.05, 4.69) is 5.32 Å². The number of amides is 1. The summed E-state index contributed by atoms with van der Waals surface area (Å²) in [5.41, 5.74) is 1.07. The first-order valence-electron chi connectivity index (χ1n) is 10.7. The maximum Gasteiger partial charge on any atom is 0.271 e. The number of ether oxygens (including phenoxy) is 2. The number of halogens is 2. The van der Waals surface area contributed by atoms with Crippen LogP contribution >= 0.6 is 23.2 Å². The van der Waals surface area contributed by atoms with Crippen molar-refractivity contribution in [1.29, 1.82) is 0 Å². The molecule has 3 aromatic rings. The van der Waals surface area contributed by atoms with Gasteiger partial charge in [-0.15, -0.1) is 0 Å². The highest BCUT2D eigenvalue weighted by molar-refractivity contribution is 6.37. The molecule has 3 aromatic carbocycles. The number of nitro benzene ring substituents is 2. The van der Waals surface area contributed by atoms with Gasteiger partial charge >= 0.3 is 0 Å². The second-order valence-corrected chi connectivity index (χ2v) is 8.53. The molecule has 192 valence electrons. The van der Waals surface area contributed by atoms with E-state index in [1.165, 1.54) is 47.4 Å². The summed E-state index contributed by atoms with van der Waals surface area (Å²) < 4.78 is 10.7. The van der Waals surface area contributed by atoms with E-state index in [4.69, 9.17) is 32.7 Å². The van der Waals surface area contributed by atoms with Crippen molar-refractivity contribution in [2.45, 2.75) is 0 Å². The van der Waals surface area contributed by atoms with Crippen molar-refractivity contribution in [2.24, 2.45) is 0 Å². The van der Waals surface area contributed by atoms with Crippen molar-refractivity contribution in [3.63, 3.8) is 0 Å². The fraction of sp³-hybridized carbons (Fsp3) is 0.174. The molecule has 2 heterocycles. The van der Waals surface area contributed by atoms with E-state index in [1.807, 2.05) is 0 Å². The highest BCUT2D eigenvalue weighted by atomic mass is 35.5. The van der Waals surface area contributed by atoms with Crippen molar-refractivity contribution >= 4 is 51.9 Å². The van der Waals surface area contributed by atoms with Gasteiger partial charge in [-0.3, -0.25) is 25.0 Å². The fourth-order valence-corrected chi connectivity index (χ4v) is 4.10. The lowest BCUT2D eigenvalue weighted by Crippen LogP contribution is -2.38. The monoisotopic (exact) mass is 548 g/mol. The third kappa shape index (κ3) is 5.60. The summed E-state index contributed by atoms with van der Waals surface area (Å²) in [5, 5.41) is 33.9. The predicted molar refractivity (Wildman–Crippen MR) is 135 cm³/mol. The van der Waals surface area contributed by atoms with Gasteiger partial charge in [-0.05, 0) is 24.3 Å². The number of anilines is 2. The van der Waals surface area contributed by atoms with Crippen LogP contribution in [0.1, 0.15) is 10.4 Å². The molecule has 12 nitrogen and oxygen atoms in total. The average molecular weight is 549 g/mol. The molecule has 0 spiro atoms. The van der Waals surface area contributed by atoms with Gasteiger partial charge < -0.3 is 24.8 Å². The van der Waals surface area contributed by atoms with Crippen LogP contribution in [0.2, 0.25) is 10.0 Å². The van der Waals surface area contributed by atoms with Crippen LogP contribution in [0.25, 0.3) is 0 Å². The lowest BCUT2D eigenvalue weighted by Gasteiger charge is -2.29. The van der Waals surface area contributed by atoms with E-state index < -0.39 is 15.8 Å². The van der Waals surface area contributed by atoms with Gasteiger partial charge in [-0.25, -0.2) is 0 Å². The summed E-state index contributed by atoms with van der Waals surface area (Å²) in [7, 11) is 0. The van der Waals surface area contributed by atoms with Crippen molar-refractivity contribution in [2.75, 3.05) is 36.5 Å². The van der Waals surface area contributed by atoms with Crippen molar-refractivity contribution in [1.82, 2.24) is 0 Å². The van der Waals surface area contributed by atoms with Crippen LogP contribution in [0.15, 0.2) is 48.5 Å². The summed E-state index contributed by atoms with van der Waals surface area (Å²) >= 11 is 11.7. The molecule has 0 aromatic heterocycles. The minimum atomic E-state index is -0.550. The highest BCUT2D eigenvalue weighted by Crippen LogP contribution is 2.38. The Morgan fingerprint density at radius 2 is 1.51 bits per heavy atom. The summed E-state index contributed by atoms with van der Waals surface area (Å²) in [5.74, 6) is 0.282. The molecule has 37 heavy (non-hydrogen) atoms. The smallest absolute Gasteiger partial charge is 0.271 e. The van der Waals surface area contributed by atoms with Crippen molar-refractivity contribution in [3.8, 4) is 17.2 Å². The molecule has 0 unspecified atom stereocenters. The van der Waals surface area contributed by atoms with E-state index in [0.717, 1.165) is 0 Å². The number of phenols is 1. The van der Waals surface area contributed by atoms with Crippen LogP contribution in [0.3, 0.4) is 0 Å². The Hall–Kier alpha value is -4.29. The van der Waals surface area contributed by atoms with Gasteiger partial charge in [-0.1, -0.05) is 23.2 Å². The topological polar surface area (TPSA) is 157 Å². The number of nitro groups is 2. The van der Waals surface area contributed by atoms with Crippen molar-refractivity contribution in [3.05, 3.63) is 84.4 Å². The number of nitrogens with one attached hydrogen (secondary N) is 1. The number of carbonyl (C=O) groups is 1. The van der Waals surface area contributed by atoms with Crippen LogP contribution in [0.4, 0.5) is 22.7 Å². The van der Waals surface area contributed by atoms with Gasteiger partial charge in [0.05, 0.1) is 37.8 Å².